The van der Waals surface area contributed by atoms with Crippen LogP contribution in [0.2, 0.25) is 0 Å². The van der Waals surface area contributed by atoms with Crippen LogP contribution in [-0.2, 0) is 19.3 Å². The molecular formula is C13H21NO4S. The Morgan fingerprint density at radius 2 is 1.95 bits per heavy atom. The molecule has 0 unspecified atom stereocenters. The first-order valence-corrected chi connectivity index (χ1v) is 7.79. The molecule has 0 saturated heterocycles. The minimum atomic E-state index is -3.39. The maximum atomic E-state index is 12.1. The van der Waals surface area contributed by atoms with E-state index in [4.69, 9.17) is 15.2 Å². The number of ether oxygens (including phenoxy) is 2. The summed E-state index contributed by atoms with van der Waals surface area (Å²) in [4.78, 5) is 0.188. The van der Waals surface area contributed by atoms with Crippen molar-refractivity contribution in [3.05, 3.63) is 23.8 Å². The van der Waals surface area contributed by atoms with E-state index >= 15 is 0 Å². The van der Waals surface area contributed by atoms with E-state index in [1.54, 1.807) is 26.2 Å². The molecule has 1 aromatic rings. The van der Waals surface area contributed by atoms with E-state index in [-0.39, 0.29) is 17.3 Å². The first-order chi connectivity index (χ1) is 8.99. The van der Waals surface area contributed by atoms with Gasteiger partial charge in [-0.2, -0.15) is 0 Å². The maximum absolute atomic E-state index is 12.1. The van der Waals surface area contributed by atoms with Crippen LogP contribution in [0.1, 0.15) is 12.0 Å². The molecule has 0 atom stereocenters. The number of para-hydroxylation sites is 1. The highest BCUT2D eigenvalue weighted by atomic mass is 32.2. The molecule has 0 aliphatic carbocycles. The highest BCUT2D eigenvalue weighted by molar-refractivity contribution is 7.91. The Morgan fingerprint density at radius 3 is 2.63 bits per heavy atom. The third kappa shape index (κ3) is 4.81. The summed E-state index contributed by atoms with van der Waals surface area (Å²) in [7, 11) is -1.77. The lowest BCUT2D eigenvalue weighted by Gasteiger charge is -2.09. The van der Waals surface area contributed by atoms with Crippen molar-refractivity contribution >= 4 is 15.5 Å². The van der Waals surface area contributed by atoms with Gasteiger partial charge >= 0.3 is 0 Å². The third-order valence-electron chi connectivity index (χ3n) is 2.75. The summed E-state index contributed by atoms with van der Waals surface area (Å²) in [5.41, 5.74) is 6.89. The fraction of sp³-hybridized carbons (Fsp3) is 0.538. The standard InChI is InChI=1S/C13H21NO4S/c1-11-5-3-6-12(13(11)14)19(15,16)10-9-18-8-4-7-17-2/h3,5-6H,4,7-10,14H2,1-2H3. The van der Waals surface area contributed by atoms with Crippen LogP contribution in [0.15, 0.2) is 23.1 Å². The van der Waals surface area contributed by atoms with Gasteiger partial charge < -0.3 is 15.2 Å². The Balaban J connectivity index is 2.54. The normalized spacial score (nSPS) is 11.7. The zero-order chi connectivity index (χ0) is 14.3. The van der Waals surface area contributed by atoms with Crippen molar-refractivity contribution < 1.29 is 17.9 Å². The lowest BCUT2D eigenvalue weighted by molar-refractivity contribution is 0.112. The second-order valence-corrected chi connectivity index (χ2v) is 6.34. The van der Waals surface area contributed by atoms with E-state index in [1.807, 2.05) is 0 Å². The van der Waals surface area contributed by atoms with Gasteiger partial charge in [0.05, 0.1) is 22.9 Å². The Labute approximate surface area is 114 Å². The van der Waals surface area contributed by atoms with Gasteiger partial charge in [0, 0.05) is 20.3 Å². The van der Waals surface area contributed by atoms with Gasteiger partial charge in [-0.15, -0.1) is 0 Å². The molecule has 0 aromatic heterocycles. The van der Waals surface area contributed by atoms with Crippen LogP contribution in [0.25, 0.3) is 0 Å². The molecular weight excluding hydrogens is 266 g/mol. The van der Waals surface area contributed by atoms with Crippen LogP contribution in [-0.4, -0.2) is 41.1 Å². The Hall–Kier alpha value is -1.11. The topological polar surface area (TPSA) is 78.6 Å². The minimum Gasteiger partial charge on any atom is -0.397 e. The summed E-state index contributed by atoms with van der Waals surface area (Å²) in [5, 5.41) is 0. The number of nitrogen functional groups attached to an aromatic ring is 1. The molecule has 6 heteroatoms. The number of rotatable bonds is 8. The smallest absolute Gasteiger partial charge is 0.182 e. The first-order valence-electron chi connectivity index (χ1n) is 6.13. The van der Waals surface area contributed by atoms with Crippen molar-refractivity contribution in [2.45, 2.75) is 18.2 Å². The first kappa shape index (κ1) is 15.9. The molecule has 108 valence electrons. The van der Waals surface area contributed by atoms with Crippen LogP contribution in [0.5, 0.6) is 0 Å². The van der Waals surface area contributed by atoms with E-state index in [1.165, 1.54) is 6.07 Å². The Bertz CT molecular complexity index is 499. The quantitative estimate of drug-likeness (QED) is 0.577. The van der Waals surface area contributed by atoms with E-state index in [0.29, 0.717) is 18.9 Å². The molecule has 0 spiro atoms. The molecule has 0 bridgehead atoms. The van der Waals surface area contributed by atoms with Crippen molar-refractivity contribution in [2.75, 3.05) is 38.4 Å². The highest BCUT2D eigenvalue weighted by Gasteiger charge is 2.18. The SMILES string of the molecule is COCCCOCCS(=O)(=O)c1cccc(C)c1N. The van der Waals surface area contributed by atoms with Crippen LogP contribution in [0.4, 0.5) is 5.69 Å². The second-order valence-electron chi connectivity index (χ2n) is 4.26. The monoisotopic (exact) mass is 287 g/mol. The van der Waals surface area contributed by atoms with E-state index in [0.717, 1.165) is 12.0 Å². The lowest BCUT2D eigenvalue weighted by Crippen LogP contribution is -2.15. The number of hydrogen-bond donors (Lipinski definition) is 1. The summed E-state index contributed by atoms with van der Waals surface area (Å²) in [6, 6.07) is 5.01. The average molecular weight is 287 g/mol. The fourth-order valence-electron chi connectivity index (χ4n) is 1.61. The van der Waals surface area contributed by atoms with Gasteiger partial charge in [0.25, 0.3) is 0 Å². The minimum absolute atomic E-state index is 0.0619. The largest absolute Gasteiger partial charge is 0.397 e. The predicted molar refractivity (Wildman–Crippen MR) is 75.0 cm³/mol. The summed E-state index contributed by atoms with van der Waals surface area (Å²) in [5.74, 6) is -0.0619. The summed E-state index contributed by atoms with van der Waals surface area (Å²) < 4.78 is 34.4. The van der Waals surface area contributed by atoms with Crippen LogP contribution in [0.3, 0.4) is 0 Å². The molecule has 0 aliphatic rings. The number of anilines is 1. The van der Waals surface area contributed by atoms with E-state index in [2.05, 4.69) is 0 Å². The van der Waals surface area contributed by atoms with Gasteiger partial charge in [-0.25, -0.2) is 8.42 Å². The Kier molecular flexibility index (Phi) is 6.27. The number of sulfone groups is 1. The molecule has 0 aliphatic heterocycles. The van der Waals surface area contributed by atoms with Crippen LogP contribution < -0.4 is 5.73 Å². The van der Waals surface area contributed by atoms with Crippen molar-refractivity contribution in [1.29, 1.82) is 0 Å². The molecule has 1 rings (SSSR count). The highest BCUT2D eigenvalue weighted by Crippen LogP contribution is 2.22. The van der Waals surface area contributed by atoms with Gasteiger partial charge in [0.2, 0.25) is 0 Å². The van der Waals surface area contributed by atoms with Crippen molar-refractivity contribution in [1.82, 2.24) is 0 Å². The molecule has 1 aromatic carbocycles. The van der Waals surface area contributed by atoms with Gasteiger partial charge in [-0.1, -0.05) is 12.1 Å². The molecule has 2 N–H and O–H groups in total. The average Bonchev–Trinajstić information content (AvgIpc) is 2.36. The van der Waals surface area contributed by atoms with Crippen LogP contribution >= 0.6 is 0 Å². The lowest BCUT2D eigenvalue weighted by atomic mass is 10.2. The van der Waals surface area contributed by atoms with E-state index < -0.39 is 9.84 Å². The number of hydrogen-bond acceptors (Lipinski definition) is 5. The van der Waals surface area contributed by atoms with Crippen molar-refractivity contribution in [2.24, 2.45) is 0 Å². The zero-order valence-electron chi connectivity index (χ0n) is 11.4. The summed E-state index contributed by atoms with van der Waals surface area (Å²) in [6.07, 6.45) is 0.753. The zero-order valence-corrected chi connectivity index (χ0v) is 12.2. The molecule has 19 heavy (non-hydrogen) atoms. The molecule has 0 radical (unpaired) electrons. The van der Waals surface area contributed by atoms with Crippen molar-refractivity contribution in [3.8, 4) is 0 Å². The Morgan fingerprint density at radius 1 is 1.21 bits per heavy atom. The van der Waals surface area contributed by atoms with E-state index in [9.17, 15) is 8.42 Å². The number of benzene rings is 1. The van der Waals surface area contributed by atoms with Gasteiger partial charge in [-0.3, -0.25) is 0 Å². The number of nitrogens with two attached hydrogens (primary N) is 1. The maximum Gasteiger partial charge on any atom is 0.182 e. The molecule has 0 fully saturated rings. The fourth-order valence-corrected chi connectivity index (χ4v) is 2.95. The summed E-state index contributed by atoms with van der Waals surface area (Å²) >= 11 is 0. The summed E-state index contributed by atoms with van der Waals surface area (Å²) in [6.45, 7) is 3.05. The van der Waals surface area contributed by atoms with Gasteiger partial charge in [0.1, 0.15) is 0 Å². The number of aryl methyl sites for hydroxylation is 1. The molecule has 0 heterocycles. The van der Waals surface area contributed by atoms with Gasteiger partial charge in [0.15, 0.2) is 9.84 Å². The van der Waals surface area contributed by atoms with Crippen molar-refractivity contribution in [3.63, 3.8) is 0 Å². The molecule has 0 amide bonds. The second kappa shape index (κ2) is 7.47. The predicted octanol–water partition coefficient (Wildman–Crippen LogP) is 1.40. The van der Waals surface area contributed by atoms with Gasteiger partial charge in [-0.05, 0) is 25.0 Å². The third-order valence-corrected chi connectivity index (χ3v) is 4.48. The molecule has 5 nitrogen and oxygen atoms in total. The molecule has 0 saturated carbocycles. The number of methoxy groups -OCH3 is 1. The van der Waals surface area contributed by atoms with Crippen LogP contribution in [0, 0.1) is 6.92 Å².